The van der Waals surface area contributed by atoms with E-state index in [1.165, 1.54) is 12.4 Å². The van der Waals surface area contributed by atoms with Crippen molar-refractivity contribution in [2.45, 2.75) is 70.0 Å². The second-order valence-corrected chi connectivity index (χ2v) is 9.80. The number of aromatic nitrogens is 3. The minimum absolute atomic E-state index is 0.0607. The zero-order chi connectivity index (χ0) is 26.3. The summed E-state index contributed by atoms with van der Waals surface area (Å²) in [6, 6.07) is 3.46. The molecule has 0 bridgehead atoms. The van der Waals surface area contributed by atoms with E-state index in [2.05, 4.69) is 25.2 Å². The molecule has 1 saturated carbocycles. The van der Waals surface area contributed by atoms with E-state index in [0.29, 0.717) is 56.6 Å². The number of halogens is 3. The van der Waals surface area contributed by atoms with Gasteiger partial charge in [-0.25, -0.2) is 28.1 Å². The lowest BCUT2D eigenvalue weighted by molar-refractivity contribution is -0.124. The molecule has 0 aromatic carbocycles. The van der Waals surface area contributed by atoms with Crippen LogP contribution in [-0.4, -0.2) is 76.7 Å². The Morgan fingerprint density at radius 1 is 1.16 bits per heavy atom. The molecule has 0 radical (unpaired) electrons. The fourth-order valence-corrected chi connectivity index (χ4v) is 4.82. The number of fused-ring (bicyclic) bond motifs is 1. The normalized spacial score (nSPS) is 22.2. The number of ether oxygens (including phenoxy) is 2. The number of nitrogens with zero attached hydrogens (tertiary/aromatic N) is 4. The minimum Gasteiger partial charge on any atom is -0.481 e. The number of amides is 1. The second kappa shape index (κ2) is 12.5. The van der Waals surface area contributed by atoms with Crippen LogP contribution in [0.1, 0.15) is 49.2 Å². The molecule has 2 aliphatic rings. The minimum atomic E-state index is -2.54. The van der Waals surface area contributed by atoms with Crippen LogP contribution in [0.25, 0.3) is 0 Å². The number of carbonyl (C=O) groups excluding carboxylic acids is 1. The van der Waals surface area contributed by atoms with E-state index in [4.69, 9.17) is 9.47 Å². The quantitative estimate of drug-likeness (QED) is 0.512. The number of rotatable bonds is 10. The zero-order valence-corrected chi connectivity index (χ0v) is 21.1. The first-order valence-electron chi connectivity index (χ1n) is 12.8. The Kier molecular flexibility index (Phi) is 9.18. The van der Waals surface area contributed by atoms with Gasteiger partial charge in [0.05, 0.1) is 12.4 Å². The number of carbonyl (C=O) groups is 1. The van der Waals surface area contributed by atoms with Crippen molar-refractivity contribution < 1.29 is 27.4 Å². The third-order valence-corrected chi connectivity index (χ3v) is 7.01. The van der Waals surface area contributed by atoms with Gasteiger partial charge < -0.3 is 19.7 Å². The fourth-order valence-electron chi connectivity index (χ4n) is 4.82. The molecule has 37 heavy (non-hydrogen) atoms. The van der Waals surface area contributed by atoms with Crippen molar-refractivity contribution in [3.05, 3.63) is 41.6 Å². The molecule has 1 N–H and O–H groups in total. The highest BCUT2D eigenvalue weighted by atomic mass is 19.3. The van der Waals surface area contributed by atoms with Crippen LogP contribution in [0.4, 0.5) is 13.2 Å². The average molecular weight is 522 g/mol. The van der Waals surface area contributed by atoms with Crippen molar-refractivity contribution in [2.75, 3.05) is 32.8 Å². The molecule has 0 spiro atoms. The molecule has 2 aromatic heterocycles. The van der Waals surface area contributed by atoms with E-state index in [0.717, 1.165) is 30.8 Å². The molecule has 4 rings (SSSR count). The standard InChI is InChI=1S/C26H34F3N5O3/c1-18-30-14-21(15-31-18)36-17-24(35)32-20-4-8-26(29,9-5-20)10-13-34-11-6-19-2-3-25(37-16-23(27)28)33-22(19)7-12-34/h2-3,14-15,20,23H,4-13,16-17H2,1H3,(H,32,35)/t20-,26+. The van der Waals surface area contributed by atoms with E-state index < -0.39 is 18.7 Å². The van der Waals surface area contributed by atoms with Crippen molar-refractivity contribution in [3.63, 3.8) is 0 Å². The number of nitrogens with one attached hydrogen (secondary N) is 1. The highest BCUT2D eigenvalue weighted by molar-refractivity contribution is 5.77. The highest BCUT2D eigenvalue weighted by Gasteiger charge is 2.36. The summed E-state index contributed by atoms with van der Waals surface area (Å²) >= 11 is 0. The van der Waals surface area contributed by atoms with Gasteiger partial charge in [-0.2, -0.15) is 0 Å². The summed E-state index contributed by atoms with van der Waals surface area (Å²) in [5.41, 5.74) is 0.696. The van der Waals surface area contributed by atoms with Crippen LogP contribution in [0.2, 0.25) is 0 Å². The van der Waals surface area contributed by atoms with Gasteiger partial charge in [0.1, 0.15) is 11.5 Å². The van der Waals surface area contributed by atoms with Gasteiger partial charge >= 0.3 is 0 Å². The third kappa shape index (κ3) is 8.28. The lowest BCUT2D eigenvalue weighted by atomic mass is 9.81. The van der Waals surface area contributed by atoms with Gasteiger partial charge in [-0.05, 0) is 51.0 Å². The van der Waals surface area contributed by atoms with Gasteiger partial charge in [0.15, 0.2) is 19.0 Å². The van der Waals surface area contributed by atoms with Crippen molar-refractivity contribution in [1.29, 1.82) is 0 Å². The van der Waals surface area contributed by atoms with Crippen LogP contribution < -0.4 is 14.8 Å². The molecule has 1 aliphatic heterocycles. The van der Waals surface area contributed by atoms with E-state index in [9.17, 15) is 13.6 Å². The molecule has 0 atom stereocenters. The van der Waals surface area contributed by atoms with E-state index >= 15 is 4.39 Å². The third-order valence-electron chi connectivity index (χ3n) is 7.01. The summed E-state index contributed by atoms with van der Waals surface area (Å²) < 4.78 is 50.8. The van der Waals surface area contributed by atoms with Crippen molar-refractivity contribution in [3.8, 4) is 11.6 Å². The molecule has 11 heteroatoms. The first-order valence-corrected chi connectivity index (χ1v) is 12.8. The summed E-state index contributed by atoms with van der Waals surface area (Å²) in [7, 11) is 0. The van der Waals surface area contributed by atoms with Crippen molar-refractivity contribution >= 4 is 5.91 Å². The summed E-state index contributed by atoms with van der Waals surface area (Å²) in [5, 5.41) is 2.94. The highest BCUT2D eigenvalue weighted by Crippen LogP contribution is 2.35. The molecular formula is C26H34F3N5O3. The maximum atomic E-state index is 15.5. The first kappa shape index (κ1) is 27.1. The topological polar surface area (TPSA) is 89.5 Å². The second-order valence-electron chi connectivity index (χ2n) is 9.80. The van der Waals surface area contributed by atoms with Gasteiger partial charge in [0.2, 0.25) is 5.88 Å². The fraction of sp³-hybridized carbons (Fsp3) is 0.615. The summed E-state index contributed by atoms with van der Waals surface area (Å²) in [4.78, 5) is 26.9. The molecule has 1 amide bonds. The monoisotopic (exact) mass is 521 g/mol. The number of aryl methyl sites for hydroxylation is 1. The smallest absolute Gasteiger partial charge is 0.272 e. The maximum Gasteiger partial charge on any atom is 0.272 e. The Hall–Kier alpha value is -2.95. The molecule has 202 valence electrons. The molecule has 2 aromatic rings. The summed E-state index contributed by atoms with van der Waals surface area (Å²) in [6.45, 7) is 3.14. The molecule has 0 unspecified atom stereocenters. The number of alkyl halides is 3. The Balaban J connectivity index is 1.16. The number of pyridine rings is 1. The van der Waals surface area contributed by atoms with Crippen molar-refractivity contribution in [1.82, 2.24) is 25.2 Å². The van der Waals surface area contributed by atoms with Crippen LogP contribution >= 0.6 is 0 Å². The number of hydrogen-bond acceptors (Lipinski definition) is 7. The predicted molar refractivity (Wildman–Crippen MR) is 131 cm³/mol. The average Bonchev–Trinajstić information content (AvgIpc) is 3.09. The van der Waals surface area contributed by atoms with Crippen LogP contribution in [0.5, 0.6) is 11.6 Å². The molecule has 0 saturated heterocycles. The van der Waals surface area contributed by atoms with Crippen LogP contribution in [0.15, 0.2) is 24.5 Å². The number of hydrogen-bond donors (Lipinski definition) is 1. The SMILES string of the molecule is Cc1ncc(OCC(=O)N[C@H]2CC[C@](F)(CCN3CCc4ccc(OCC(F)F)nc4CC3)CC2)cn1. The predicted octanol–water partition coefficient (Wildman–Crippen LogP) is 3.46. The molecule has 8 nitrogen and oxygen atoms in total. The lowest BCUT2D eigenvalue weighted by Crippen LogP contribution is -2.44. The lowest BCUT2D eigenvalue weighted by Gasteiger charge is -2.35. The molecule has 1 aliphatic carbocycles. The Morgan fingerprint density at radius 3 is 2.62 bits per heavy atom. The van der Waals surface area contributed by atoms with Crippen molar-refractivity contribution in [2.24, 2.45) is 0 Å². The first-order chi connectivity index (χ1) is 17.8. The Morgan fingerprint density at radius 2 is 1.89 bits per heavy atom. The Labute approximate surface area is 215 Å². The van der Waals surface area contributed by atoms with Gasteiger partial charge in [0, 0.05) is 43.9 Å². The van der Waals surface area contributed by atoms with Gasteiger partial charge in [-0.15, -0.1) is 0 Å². The van der Waals surface area contributed by atoms with Crippen LogP contribution in [0.3, 0.4) is 0 Å². The van der Waals surface area contributed by atoms with Gasteiger partial charge in [-0.1, -0.05) is 6.07 Å². The van der Waals surface area contributed by atoms with E-state index in [1.807, 2.05) is 6.07 Å². The zero-order valence-electron chi connectivity index (χ0n) is 21.1. The van der Waals surface area contributed by atoms with Gasteiger partial charge in [-0.3, -0.25) is 4.79 Å². The molecule has 1 fully saturated rings. The summed E-state index contributed by atoms with van der Waals surface area (Å²) in [5.74, 6) is 1.03. The maximum absolute atomic E-state index is 15.5. The van der Waals surface area contributed by atoms with Crippen LogP contribution in [-0.2, 0) is 17.6 Å². The Bertz CT molecular complexity index is 1030. The van der Waals surface area contributed by atoms with Gasteiger partial charge in [0.25, 0.3) is 12.3 Å². The largest absolute Gasteiger partial charge is 0.481 e. The molecular weight excluding hydrogens is 487 g/mol. The summed E-state index contributed by atoms with van der Waals surface area (Å²) in [6.07, 6.45) is 4.40. The van der Waals surface area contributed by atoms with Crippen LogP contribution in [0, 0.1) is 6.92 Å². The molecule has 3 heterocycles. The van der Waals surface area contributed by atoms with E-state index in [-0.39, 0.29) is 24.4 Å². The van der Waals surface area contributed by atoms with E-state index in [1.54, 1.807) is 13.0 Å².